The Morgan fingerprint density at radius 1 is 0.929 bits per heavy atom. The van der Waals surface area contributed by atoms with Crippen LogP contribution in [0, 0.1) is 0 Å². The Labute approximate surface area is 71.9 Å². The molecule has 0 radical (unpaired) electrons. The molecule has 0 aliphatic rings. The molecule has 0 saturated heterocycles. The van der Waals surface area contributed by atoms with Gasteiger partial charge in [0.15, 0.2) is 0 Å². The summed E-state index contributed by atoms with van der Waals surface area (Å²) in [7, 11) is 0. The zero-order valence-electron chi connectivity index (χ0n) is 6.14. The van der Waals surface area contributed by atoms with Gasteiger partial charge in [-0.1, -0.05) is 0 Å². The lowest BCUT2D eigenvalue weighted by molar-refractivity contribution is -0.285. The van der Waals surface area contributed by atoms with Gasteiger partial charge in [0.2, 0.25) is 0 Å². The first-order valence-electron chi connectivity index (χ1n) is 2.88. The second-order valence-corrected chi connectivity index (χ2v) is 2.07. The fraction of sp³-hybridized carbons (Fsp3) is 0.600. The first-order chi connectivity index (χ1) is 6.03. The van der Waals surface area contributed by atoms with Crippen LogP contribution in [-0.4, -0.2) is 12.3 Å². The molecule has 0 aromatic heterocycles. The monoisotopic (exact) mass is 230 g/mol. The van der Waals surface area contributed by atoms with Crippen molar-refractivity contribution in [3.63, 3.8) is 0 Å². The zero-order chi connectivity index (χ0) is 11.6. The van der Waals surface area contributed by atoms with Gasteiger partial charge in [-0.25, -0.2) is 0 Å². The second kappa shape index (κ2) is 4.01. The van der Waals surface area contributed by atoms with Crippen molar-refractivity contribution in [1.82, 2.24) is 0 Å². The molecule has 0 heterocycles. The highest BCUT2D eigenvalue weighted by Gasteiger charge is 2.46. The molecule has 0 aliphatic carbocycles. The lowest BCUT2D eigenvalue weighted by Gasteiger charge is -2.17. The third-order valence-electron chi connectivity index (χ3n) is 0.794. The topological polar surface area (TPSA) is 9.23 Å². The molecule has 0 spiro atoms. The van der Waals surface area contributed by atoms with E-state index in [1.165, 1.54) is 0 Å². The van der Waals surface area contributed by atoms with Crippen molar-refractivity contribution in [1.29, 1.82) is 0 Å². The van der Waals surface area contributed by atoms with E-state index in [2.05, 4.69) is 4.74 Å². The minimum Gasteiger partial charge on any atom is -0.402 e. The number of ether oxygens (including phenoxy) is 1. The van der Waals surface area contributed by atoms with Crippen LogP contribution in [0.4, 0.5) is 35.1 Å². The Bertz CT molecular complexity index is 224. The van der Waals surface area contributed by atoms with Gasteiger partial charge >= 0.3 is 24.4 Å². The Hall–Kier alpha value is -1.02. The van der Waals surface area contributed by atoms with Crippen LogP contribution in [0.3, 0.4) is 0 Å². The minimum absolute atomic E-state index is 2.48. The number of rotatable bonds is 3. The van der Waals surface area contributed by atoms with Crippen LogP contribution in [0.1, 0.15) is 6.42 Å². The first kappa shape index (κ1) is 13.0. The van der Waals surface area contributed by atoms with Gasteiger partial charge in [-0.2, -0.15) is 35.1 Å². The van der Waals surface area contributed by atoms with Crippen LogP contribution in [0.15, 0.2) is 12.1 Å². The number of hydrogen-bond donors (Lipinski definition) is 0. The number of halogens is 8. The molecule has 0 N–H and O–H groups in total. The Morgan fingerprint density at radius 3 is 1.64 bits per heavy atom. The highest BCUT2D eigenvalue weighted by atomic mass is 19.4. The zero-order valence-corrected chi connectivity index (χ0v) is 6.14. The first-order valence-corrected chi connectivity index (χ1v) is 2.88. The molecule has 14 heavy (non-hydrogen) atoms. The van der Waals surface area contributed by atoms with Crippen molar-refractivity contribution >= 4 is 0 Å². The van der Waals surface area contributed by atoms with E-state index in [1.54, 1.807) is 0 Å². The maximum atomic E-state index is 12.0. The van der Waals surface area contributed by atoms with E-state index in [-0.39, 0.29) is 0 Å². The highest BCUT2D eigenvalue weighted by molar-refractivity contribution is 4.82. The van der Waals surface area contributed by atoms with E-state index in [0.717, 1.165) is 0 Å². The third-order valence-corrected chi connectivity index (χ3v) is 0.794. The van der Waals surface area contributed by atoms with Crippen molar-refractivity contribution in [2.45, 2.75) is 18.7 Å². The summed E-state index contributed by atoms with van der Waals surface area (Å²) < 4.78 is 94.4. The molecule has 0 aromatic carbocycles. The van der Waals surface area contributed by atoms with E-state index in [0.29, 0.717) is 0 Å². The van der Waals surface area contributed by atoms with E-state index < -0.39 is 30.8 Å². The third kappa shape index (κ3) is 5.60. The normalized spacial score (nSPS) is 12.6. The van der Waals surface area contributed by atoms with Crippen molar-refractivity contribution in [2.24, 2.45) is 0 Å². The van der Waals surface area contributed by atoms with E-state index in [1.807, 2.05) is 0 Å². The van der Waals surface area contributed by atoms with Crippen LogP contribution in [0.5, 0.6) is 0 Å². The van der Waals surface area contributed by atoms with Crippen molar-refractivity contribution in [2.75, 3.05) is 0 Å². The van der Waals surface area contributed by atoms with Gasteiger partial charge in [0.05, 0.1) is 0 Å². The molecule has 0 saturated carbocycles. The maximum Gasteiger partial charge on any atom is 0.408 e. The van der Waals surface area contributed by atoms with Crippen molar-refractivity contribution < 1.29 is 39.9 Å². The fourth-order valence-electron chi connectivity index (χ4n) is 0.439. The molecule has 0 amide bonds. The summed E-state index contributed by atoms with van der Waals surface area (Å²) in [5.74, 6) is 0. The number of alkyl halides is 5. The average Bonchev–Trinajstić information content (AvgIpc) is 1.78. The summed E-state index contributed by atoms with van der Waals surface area (Å²) in [6.07, 6.45) is -16.5. The largest absolute Gasteiger partial charge is 0.408 e. The summed E-state index contributed by atoms with van der Waals surface area (Å²) >= 11 is 0. The second-order valence-electron chi connectivity index (χ2n) is 2.07. The Morgan fingerprint density at radius 2 is 1.36 bits per heavy atom. The molecule has 0 rings (SSSR count). The lowest BCUT2D eigenvalue weighted by atomic mass is 10.4. The van der Waals surface area contributed by atoms with Gasteiger partial charge in [0.25, 0.3) is 0 Å². The summed E-state index contributed by atoms with van der Waals surface area (Å²) in [6, 6.07) is -3.03. The van der Waals surface area contributed by atoms with Gasteiger partial charge in [0, 0.05) is 0 Å². The molecular formula is C5H2F8O. The predicted molar refractivity (Wildman–Crippen MR) is 27.1 cm³/mol. The molecule has 84 valence electrons. The summed E-state index contributed by atoms with van der Waals surface area (Å²) in [5, 5.41) is 0. The Kier molecular flexibility index (Phi) is 3.72. The van der Waals surface area contributed by atoms with Crippen LogP contribution < -0.4 is 0 Å². The SMILES string of the molecule is FC(F)=C(F)OC(F)(F)CC(F)(F)F. The van der Waals surface area contributed by atoms with E-state index in [9.17, 15) is 35.1 Å². The molecule has 0 unspecified atom stereocenters. The average molecular weight is 230 g/mol. The highest BCUT2D eigenvalue weighted by Crippen LogP contribution is 2.34. The van der Waals surface area contributed by atoms with Gasteiger partial charge in [-0.15, -0.1) is 0 Å². The summed E-state index contributed by atoms with van der Waals surface area (Å²) in [4.78, 5) is 0. The quantitative estimate of drug-likeness (QED) is 0.531. The Balaban J connectivity index is 4.43. The number of hydrogen-bond acceptors (Lipinski definition) is 1. The van der Waals surface area contributed by atoms with Gasteiger partial charge < -0.3 is 4.74 Å². The van der Waals surface area contributed by atoms with Crippen LogP contribution in [0.2, 0.25) is 0 Å². The maximum absolute atomic E-state index is 12.0. The van der Waals surface area contributed by atoms with Gasteiger partial charge in [-0.05, 0) is 0 Å². The molecule has 0 bridgehead atoms. The van der Waals surface area contributed by atoms with Crippen molar-refractivity contribution in [3.8, 4) is 0 Å². The van der Waals surface area contributed by atoms with Crippen LogP contribution in [0.25, 0.3) is 0 Å². The molecule has 1 nitrogen and oxygen atoms in total. The van der Waals surface area contributed by atoms with Gasteiger partial charge in [-0.3, -0.25) is 0 Å². The van der Waals surface area contributed by atoms with Crippen LogP contribution >= 0.6 is 0 Å². The molecule has 0 atom stereocenters. The fourth-order valence-corrected chi connectivity index (χ4v) is 0.439. The molecule has 0 aromatic rings. The lowest BCUT2D eigenvalue weighted by Crippen LogP contribution is -2.28. The molecule has 0 aliphatic heterocycles. The van der Waals surface area contributed by atoms with E-state index in [4.69, 9.17) is 0 Å². The smallest absolute Gasteiger partial charge is 0.402 e. The molecular weight excluding hydrogens is 228 g/mol. The summed E-state index contributed by atoms with van der Waals surface area (Å²) in [6.45, 7) is 0. The minimum atomic E-state index is -5.35. The van der Waals surface area contributed by atoms with Crippen LogP contribution in [-0.2, 0) is 4.74 Å². The van der Waals surface area contributed by atoms with Gasteiger partial charge in [0.1, 0.15) is 6.42 Å². The van der Waals surface area contributed by atoms with Crippen molar-refractivity contribution in [3.05, 3.63) is 12.1 Å². The summed E-state index contributed by atoms with van der Waals surface area (Å²) in [5.41, 5.74) is 0. The molecule has 9 heteroatoms. The predicted octanol–water partition coefficient (Wildman–Crippen LogP) is 3.58. The van der Waals surface area contributed by atoms with E-state index >= 15 is 0 Å². The molecule has 0 fully saturated rings. The standard InChI is InChI=1S/C5H2F8O/c6-2(7)3(8)14-5(12,13)1-4(9,10)11/h1H2.